The monoisotopic (exact) mass is 313 g/mol. The first kappa shape index (κ1) is 14.2. The third kappa shape index (κ3) is 2.77. The first-order chi connectivity index (χ1) is 11.8. The first-order valence-corrected chi connectivity index (χ1v) is 7.75. The van der Waals surface area contributed by atoms with E-state index in [1.807, 2.05) is 48.7 Å². The summed E-state index contributed by atoms with van der Waals surface area (Å²) in [5, 5.41) is 17.4. The SMILES string of the molecule is N#Cc1ccc(Cc2ncc(Cc3[nH]nc4ccccc34)[nH]2)cc1. The van der Waals surface area contributed by atoms with Gasteiger partial charge >= 0.3 is 0 Å². The van der Waals surface area contributed by atoms with Gasteiger partial charge in [0, 0.05) is 35.8 Å². The van der Waals surface area contributed by atoms with E-state index in [9.17, 15) is 0 Å². The van der Waals surface area contributed by atoms with E-state index in [1.165, 1.54) is 0 Å². The number of hydrogen-bond donors (Lipinski definition) is 2. The fourth-order valence-electron chi connectivity index (χ4n) is 2.82. The number of aromatic amines is 2. The minimum atomic E-state index is 0.671. The molecule has 2 aromatic heterocycles. The van der Waals surface area contributed by atoms with Crippen molar-refractivity contribution in [2.75, 3.05) is 0 Å². The number of benzene rings is 2. The summed E-state index contributed by atoms with van der Waals surface area (Å²) in [6.07, 6.45) is 3.32. The summed E-state index contributed by atoms with van der Waals surface area (Å²) in [6.45, 7) is 0. The molecular formula is C19H15N5. The Bertz CT molecular complexity index is 1020. The van der Waals surface area contributed by atoms with Crippen molar-refractivity contribution < 1.29 is 0 Å². The Labute approximate surface area is 139 Å². The Morgan fingerprint density at radius 2 is 1.83 bits per heavy atom. The highest BCUT2D eigenvalue weighted by Crippen LogP contribution is 2.18. The van der Waals surface area contributed by atoms with Gasteiger partial charge in [-0.05, 0) is 23.8 Å². The van der Waals surface area contributed by atoms with E-state index >= 15 is 0 Å². The number of nitrogens with zero attached hydrogens (tertiary/aromatic N) is 3. The summed E-state index contributed by atoms with van der Waals surface area (Å²) < 4.78 is 0. The summed E-state index contributed by atoms with van der Waals surface area (Å²) in [5.41, 5.74) is 4.91. The average molecular weight is 313 g/mol. The van der Waals surface area contributed by atoms with Gasteiger partial charge in [0.2, 0.25) is 0 Å². The lowest BCUT2D eigenvalue weighted by molar-refractivity contribution is 0.966. The third-order valence-electron chi connectivity index (χ3n) is 4.04. The third-order valence-corrected chi connectivity index (χ3v) is 4.04. The van der Waals surface area contributed by atoms with Gasteiger partial charge in [-0.3, -0.25) is 5.10 Å². The Kier molecular flexibility index (Phi) is 3.56. The van der Waals surface area contributed by atoms with Crippen molar-refractivity contribution in [2.45, 2.75) is 12.8 Å². The van der Waals surface area contributed by atoms with Crippen molar-refractivity contribution in [3.63, 3.8) is 0 Å². The molecular weight excluding hydrogens is 298 g/mol. The molecule has 0 radical (unpaired) electrons. The molecule has 0 aliphatic heterocycles. The molecule has 4 rings (SSSR count). The Morgan fingerprint density at radius 3 is 2.67 bits per heavy atom. The number of imidazole rings is 1. The zero-order valence-corrected chi connectivity index (χ0v) is 13.0. The number of aromatic nitrogens is 4. The van der Waals surface area contributed by atoms with E-state index in [2.05, 4.69) is 32.3 Å². The maximum Gasteiger partial charge on any atom is 0.110 e. The van der Waals surface area contributed by atoms with Crippen LogP contribution in [0, 0.1) is 11.3 Å². The van der Waals surface area contributed by atoms with Crippen molar-refractivity contribution in [1.29, 1.82) is 5.26 Å². The lowest BCUT2D eigenvalue weighted by Crippen LogP contribution is -1.93. The second-order valence-corrected chi connectivity index (χ2v) is 5.74. The zero-order valence-electron chi connectivity index (χ0n) is 13.0. The first-order valence-electron chi connectivity index (χ1n) is 7.75. The van der Waals surface area contributed by atoms with Gasteiger partial charge in [0.25, 0.3) is 0 Å². The highest BCUT2D eigenvalue weighted by atomic mass is 15.1. The standard InChI is InChI=1S/C19H15N5/c20-11-14-7-5-13(6-8-14)9-19-21-12-15(22-19)10-18-16-3-1-2-4-17(16)23-24-18/h1-8,12H,9-10H2,(H,21,22)(H,23,24). The fraction of sp³-hybridized carbons (Fsp3) is 0.105. The summed E-state index contributed by atoms with van der Waals surface area (Å²) in [4.78, 5) is 7.83. The predicted molar refractivity (Wildman–Crippen MR) is 91.5 cm³/mol. The molecule has 5 nitrogen and oxygen atoms in total. The molecule has 4 aromatic rings. The van der Waals surface area contributed by atoms with E-state index in [0.29, 0.717) is 5.56 Å². The zero-order chi connectivity index (χ0) is 16.4. The molecule has 0 spiro atoms. The molecule has 0 saturated carbocycles. The molecule has 0 fully saturated rings. The molecule has 0 aliphatic carbocycles. The van der Waals surface area contributed by atoms with Crippen LogP contribution in [0.2, 0.25) is 0 Å². The summed E-state index contributed by atoms with van der Waals surface area (Å²) in [6, 6.07) is 17.8. The van der Waals surface area contributed by atoms with Gasteiger partial charge in [-0.1, -0.05) is 30.3 Å². The smallest absolute Gasteiger partial charge is 0.110 e. The van der Waals surface area contributed by atoms with Crippen LogP contribution in [-0.4, -0.2) is 20.2 Å². The normalized spacial score (nSPS) is 10.8. The van der Waals surface area contributed by atoms with E-state index in [1.54, 1.807) is 0 Å². The van der Waals surface area contributed by atoms with E-state index < -0.39 is 0 Å². The van der Waals surface area contributed by atoms with Crippen LogP contribution in [0.3, 0.4) is 0 Å². The highest BCUT2D eigenvalue weighted by molar-refractivity contribution is 5.81. The van der Waals surface area contributed by atoms with Gasteiger partial charge in [-0.15, -0.1) is 0 Å². The van der Waals surface area contributed by atoms with Crippen LogP contribution >= 0.6 is 0 Å². The molecule has 2 heterocycles. The van der Waals surface area contributed by atoms with Crippen LogP contribution in [0.4, 0.5) is 0 Å². The van der Waals surface area contributed by atoms with E-state index in [-0.39, 0.29) is 0 Å². The molecule has 0 unspecified atom stereocenters. The number of rotatable bonds is 4. The lowest BCUT2D eigenvalue weighted by atomic mass is 10.1. The molecule has 0 atom stereocenters. The highest BCUT2D eigenvalue weighted by Gasteiger charge is 2.08. The topological polar surface area (TPSA) is 81.2 Å². The van der Waals surface area contributed by atoms with Gasteiger partial charge in [0.05, 0.1) is 17.1 Å². The predicted octanol–water partition coefficient (Wildman–Crippen LogP) is 3.34. The van der Waals surface area contributed by atoms with Gasteiger partial charge in [-0.25, -0.2) is 4.98 Å². The quantitative estimate of drug-likeness (QED) is 0.606. The van der Waals surface area contributed by atoms with E-state index in [0.717, 1.165) is 46.5 Å². The van der Waals surface area contributed by atoms with Crippen LogP contribution in [0.15, 0.2) is 54.7 Å². The Balaban J connectivity index is 1.51. The number of nitriles is 1. The molecule has 2 aromatic carbocycles. The number of para-hydroxylation sites is 1. The molecule has 0 aliphatic rings. The fourth-order valence-corrected chi connectivity index (χ4v) is 2.82. The number of hydrogen-bond acceptors (Lipinski definition) is 3. The molecule has 116 valence electrons. The summed E-state index contributed by atoms with van der Waals surface area (Å²) in [5.74, 6) is 0.915. The maximum absolute atomic E-state index is 8.84. The molecule has 0 saturated heterocycles. The minimum absolute atomic E-state index is 0.671. The molecule has 0 bridgehead atoms. The Morgan fingerprint density at radius 1 is 1.00 bits per heavy atom. The van der Waals surface area contributed by atoms with Crippen molar-refractivity contribution >= 4 is 10.9 Å². The average Bonchev–Trinajstić information content (AvgIpc) is 3.23. The van der Waals surface area contributed by atoms with Crippen molar-refractivity contribution in [2.24, 2.45) is 0 Å². The van der Waals surface area contributed by atoms with Crippen LogP contribution < -0.4 is 0 Å². The van der Waals surface area contributed by atoms with Crippen LogP contribution in [0.1, 0.15) is 28.3 Å². The molecule has 0 amide bonds. The number of H-pyrrole nitrogens is 2. The van der Waals surface area contributed by atoms with Gasteiger partial charge in [-0.2, -0.15) is 10.4 Å². The Hall–Kier alpha value is -3.39. The largest absolute Gasteiger partial charge is 0.345 e. The maximum atomic E-state index is 8.84. The molecule has 5 heteroatoms. The van der Waals surface area contributed by atoms with E-state index in [4.69, 9.17) is 5.26 Å². The van der Waals surface area contributed by atoms with Crippen molar-refractivity contribution in [3.05, 3.63) is 83.1 Å². The van der Waals surface area contributed by atoms with Crippen LogP contribution in [-0.2, 0) is 12.8 Å². The molecule has 24 heavy (non-hydrogen) atoms. The van der Waals surface area contributed by atoms with Crippen molar-refractivity contribution in [3.8, 4) is 6.07 Å². The minimum Gasteiger partial charge on any atom is -0.345 e. The second-order valence-electron chi connectivity index (χ2n) is 5.74. The summed E-state index contributed by atoms with van der Waals surface area (Å²) >= 11 is 0. The second kappa shape index (κ2) is 6.01. The lowest BCUT2D eigenvalue weighted by Gasteiger charge is -1.99. The van der Waals surface area contributed by atoms with Gasteiger partial charge in [0.15, 0.2) is 0 Å². The van der Waals surface area contributed by atoms with Gasteiger partial charge < -0.3 is 4.98 Å². The number of fused-ring (bicyclic) bond motifs is 1. The van der Waals surface area contributed by atoms with Crippen LogP contribution in [0.25, 0.3) is 10.9 Å². The van der Waals surface area contributed by atoms with Crippen molar-refractivity contribution in [1.82, 2.24) is 20.2 Å². The molecule has 2 N–H and O–H groups in total. The van der Waals surface area contributed by atoms with Gasteiger partial charge in [0.1, 0.15) is 5.82 Å². The van der Waals surface area contributed by atoms with Crippen LogP contribution in [0.5, 0.6) is 0 Å². The number of nitrogens with one attached hydrogen (secondary N) is 2. The summed E-state index contributed by atoms with van der Waals surface area (Å²) in [7, 11) is 0.